The van der Waals surface area contributed by atoms with Gasteiger partial charge in [0.05, 0.1) is 16.6 Å². The van der Waals surface area contributed by atoms with Crippen LogP contribution < -0.4 is 10.6 Å². The molecule has 1 aromatic rings. The molecule has 0 atom stereocenters. The molecule has 0 saturated carbocycles. The van der Waals surface area contributed by atoms with Gasteiger partial charge in [-0.1, -0.05) is 23.2 Å². The van der Waals surface area contributed by atoms with Crippen LogP contribution >= 0.6 is 23.2 Å². The van der Waals surface area contributed by atoms with Crippen molar-refractivity contribution in [2.45, 2.75) is 25.3 Å². The molecule has 116 valence electrons. The molecule has 1 saturated heterocycles. The Morgan fingerprint density at radius 1 is 1.29 bits per heavy atom. The molecule has 1 aliphatic heterocycles. The fourth-order valence-electron chi connectivity index (χ4n) is 2.43. The van der Waals surface area contributed by atoms with Gasteiger partial charge in [-0.15, -0.1) is 0 Å². The minimum absolute atomic E-state index is 0.0264. The van der Waals surface area contributed by atoms with Gasteiger partial charge < -0.3 is 10.6 Å². The first-order valence-electron chi connectivity index (χ1n) is 7.08. The number of halogens is 2. The maximum atomic E-state index is 12.1. The van der Waals surface area contributed by atoms with Crippen LogP contribution in [0.5, 0.6) is 0 Å². The van der Waals surface area contributed by atoms with Crippen LogP contribution in [0.3, 0.4) is 0 Å². The monoisotopic (exact) mass is 329 g/mol. The molecule has 1 heterocycles. The Kier molecular flexibility index (Phi) is 5.49. The zero-order valence-corrected chi connectivity index (χ0v) is 13.9. The lowest BCUT2D eigenvalue weighted by Gasteiger charge is -2.39. The van der Waals surface area contributed by atoms with Gasteiger partial charge in [0.25, 0.3) is 0 Å². The number of amides is 1. The van der Waals surface area contributed by atoms with Gasteiger partial charge >= 0.3 is 0 Å². The van der Waals surface area contributed by atoms with Crippen LogP contribution in [0, 0.1) is 0 Å². The van der Waals surface area contributed by atoms with Crippen LogP contribution in [0.25, 0.3) is 0 Å². The minimum Gasteiger partial charge on any atom is -0.325 e. The van der Waals surface area contributed by atoms with Gasteiger partial charge in [-0.2, -0.15) is 0 Å². The van der Waals surface area contributed by atoms with Gasteiger partial charge in [0.2, 0.25) is 5.91 Å². The van der Waals surface area contributed by atoms with Crippen LogP contribution in [-0.4, -0.2) is 43.0 Å². The van der Waals surface area contributed by atoms with Crippen LogP contribution in [-0.2, 0) is 4.79 Å². The largest absolute Gasteiger partial charge is 0.325 e. The third-order valence-electron chi connectivity index (χ3n) is 4.13. The SMILES string of the molecule is CNC1(C)CCN(CC(=O)Nc2ccc(Cl)c(Cl)c2)CC1. The van der Waals surface area contributed by atoms with Gasteiger partial charge in [-0.05, 0) is 45.0 Å². The van der Waals surface area contributed by atoms with E-state index in [2.05, 4.69) is 22.5 Å². The highest BCUT2D eigenvalue weighted by Crippen LogP contribution is 2.25. The maximum Gasteiger partial charge on any atom is 0.238 e. The molecule has 6 heteroatoms. The fourth-order valence-corrected chi connectivity index (χ4v) is 2.73. The minimum atomic E-state index is -0.0264. The standard InChI is InChI=1S/C15H21Cl2N3O/c1-15(18-2)5-7-20(8-6-15)10-14(21)19-11-3-4-12(16)13(17)9-11/h3-4,9,18H,5-8,10H2,1-2H3,(H,19,21). The van der Waals surface area contributed by atoms with E-state index in [0.29, 0.717) is 22.3 Å². The summed E-state index contributed by atoms with van der Waals surface area (Å²) in [6.45, 7) is 4.47. The molecule has 4 nitrogen and oxygen atoms in total. The normalized spacial score (nSPS) is 18.5. The lowest BCUT2D eigenvalue weighted by molar-refractivity contribution is -0.117. The number of anilines is 1. The van der Waals surface area contributed by atoms with Crippen molar-refractivity contribution in [2.75, 3.05) is 32.0 Å². The molecule has 1 fully saturated rings. The van der Waals surface area contributed by atoms with Crippen LogP contribution in [0.4, 0.5) is 5.69 Å². The van der Waals surface area contributed by atoms with Crippen LogP contribution in [0.15, 0.2) is 18.2 Å². The highest BCUT2D eigenvalue weighted by Gasteiger charge is 2.28. The Hall–Kier alpha value is -0.810. The molecule has 0 aliphatic carbocycles. The van der Waals surface area contributed by atoms with Crippen LogP contribution in [0.1, 0.15) is 19.8 Å². The van der Waals surface area contributed by atoms with Crippen molar-refractivity contribution >= 4 is 34.8 Å². The van der Waals surface area contributed by atoms with E-state index < -0.39 is 0 Å². The van der Waals surface area contributed by atoms with Crippen molar-refractivity contribution in [3.63, 3.8) is 0 Å². The van der Waals surface area contributed by atoms with E-state index in [-0.39, 0.29) is 11.4 Å². The van der Waals surface area contributed by atoms with Crippen molar-refractivity contribution in [2.24, 2.45) is 0 Å². The number of piperidine rings is 1. The van der Waals surface area contributed by atoms with Crippen LogP contribution in [0.2, 0.25) is 10.0 Å². The lowest BCUT2D eigenvalue weighted by atomic mass is 9.90. The van der Waals surface area contributed by atoms with Gasteiger partial charge in [0.15, 0.2) is 0 Å². The summed E-state index contributed by atoms with van der Waals surface area (Å²) in [7, 11) is 1.99. The Labute approximate surface area is 135 Å². The first-order chi connectivity index (χ1) is 9.92. The molecule has 21 heavy (non-hydrogen) atoms. The van der Waals surface area contributed by atoms with Crippen molar-refractivity contribution < 1.29 is 4.79 Å². The number of nitrogens with one attached hydrogen (secondary N) is 2. The quantitative estimate of drug-likeness (QED) is 0.892. The summed E-state index contributed by atoms with van der Waals surface area (Å²) in [6.07, 6.45) is 2.09. The summed E-state index contributed by atoms with van der Waals surface area (Å²) in [5.41, 5.74) is 0.864. The molecule has 2 N–H and O–H groups in total. The zero-order valence-electron chi connectivity index (χ0n) is 12.4. The Morgan fingerprint density at radius 3 is 2.52 bits per heavy atom. The third-order valence-corrected chi connectivity index (χ3v) is 4.87. The second kappa shape index (κ2) is 6.97. The summed E-state index contributed by atoms with van der Waals surface area (Å²) < 4.78 is 0. The zero-order chi connectivity index (χ0) is 15.5. The van der Waals surface area contributed by atoms with E-state index in [1.807, 2.05) is 7.05 Å². The number of carbonyl (C=O) groups is 1. The average molecular weight is 330 g/mol. The van der Waals surface area contributed by atoms with Crippen molar-refractivity contribution in [3.05, 3.63) is 28.2 Å². The van der Waals surface area contributed by atoms with E-state index in [1.54, 1.807) is 18.2 Å². The number of nitrogens with zero attached hydrogens (tertiary/aromatic N) is 1. The predicted octanol–water partition coefficient (Wildman–Crippen LogP) is 3.01. The van der Waals surface area contributed by atoms with E-state index >= 15 is 0 Å². The number of hydrogen-bond donors (Lipinski definition) is 2. The summed E-state index contributed by atoms with van der Waals surface area (Å²) in [4.78, 5) is 14.2. The second-order valence-electron chi connectivity index (χ2n) is 5.76. The molecular formula is C15H21Cl2N3O. The number of likely N-dealkylation sites (tertiary alicyclic amines) is 1. The molecule has 1 aromatic carbocycles. The summed E-state index contributed by atoms with van der Waals surface area (Å²) in [5.74, 6) is -0.0264. The van der Waals surface area contributed by atoms with Gasteiger partial charge in [-0.3, -0.25) is 9.69 Å². The molecule has 2 rings (SSSR count). The molecule has 0 radical (unpaired) electrons. The molecule has 1 amide bonds. The topological polar surface area (TPSA) is 44.4 Å². The molecule has 0 spiro atoms. The van der Waals surface area contributed by atoms with E-state index in [0.717, 1.165) is 25.9 Å². The predicted molar refractivity (Wildman–Crippen MR) is 88.2 cm³/mol. The number of hydrogen-bond acceptors (Lipinski definition) is 3. The van der Waals surface area contributed by atoms with Gasteiger partial charge in [-0.25, -0.2) is 0 Å². The number of carbonyl (C=O) groups excluding carboxylic acids is 1. The number of rotatable bonds is 4. The lowest BCUT2D eigenvalue weighted by Crippen LogP contribution is -2.51. The highest BCUT2D eigenvalue weighted by molar-refractivity contribution is 6.42. The first-order valence-corrected chi connectivity index (χ1v) is 7.84. The van der Waals surface area contributed by atoms with E-state index in [9.17, 15) is 4.79 Å². The van der Waals surface area contributed by atoms with Crippen molar-refractivity contribution in [1.29, 1.82) is 0 Å². The van der Waals surface area contributed by atoms with E-state index in [1.165, 1.54) is 0 Å². The molecule has 0 unspecified atom stereocenters. The smallest absolute Gasteiger partial charge is 0.238 e. The van der Waals surface area contributed by atoms with Gasteiger partial charge in [0, 0.05) is 24.3 Å². The van der Waals surface area contributed by atoms with Gasteiger partial charge in [0.1, 0.15) is 0 Å². The van der Waals surface area contributed by atoms with Crippen molar-refractivity contribution in [1.82, 2.24) is 10.2 Å². The molecular weight excluding hydrogens is 309 g/mol. The fraction of sp³-hybridized carbons (Fsp3) is 0.533. The molecule has 1 aliphatic rings. The third kappa shape index (κ3) is 4.58. The molecule has 0 aromatic heterocycles. The first kappa shape index (κ1) is 16.6. The summed E-state index contributed by atoms with van der Waals surface area (Å²) in [6, 6.07) is 5.09. The Morgan fingerprint density at radius 2 is 1.95 bits per heavy atom. The Balaban J connectivity index is 1.84. The summed E-state index contributed by atoms with van der Waals surface area (Å²) >= 11 is 11.8. The molecule has 0 bridgehead atoms. The average Bonchev–Trinajstić information content (AvgIpc) is 2.46. The highest BCUT2D eigenvalue weighted by atomic mass is 35.5. The number of benzene rings is 1. The van der Waals surface area contributed by atoms with E-state index in [4.69, 9.17) is 23.2 Å². The second-order valence-corrected chi connectivity index (χ2v) is 6.58. The maximum absolute atomic E-state index is 12.1. The Bertz CT molecular complexity index is 514. The van der Waals surface area contributed by atoms with Crippen molar-refractivity contribution in [3.8, 4) is 0 Å². The summed E-state index contributed by atoms with van der Waals surface area (Å²) in [5, 5.41) is 7.13.